The zero-order valence-corrected chi connectivity index (χ0v) is 9.85. The van der Waals surface area contributed by atoms with Gasteiger partial charge in [-0.05, 0) is 24.3 Å². The van der Waals surface area contributed by atoms with E-state index in [2.05, 4.69) is 9.97 Å². The van der Waals surface area contributed by atoms with Gasteiger partial charge in [-0.1, -0.05) is 6.07 Å². The topological polar surface area (TPSA) is 35.0 Å². The molecule has 0 aliphatic carbocycles. The predicted molar refractivity (Wildman–Crippen MR) is 68.2 cm³/mol. The first-order chi connectivity index (χ1) is 8.42. The van der Waals surface area contributed by atoms with Crippen LogP contribution in [0.25, 0.3) is 10.9 Å². The highest BCUT2D eigenvalue weighted by molar-refractivity contribution is 7.09. The molecule has 0 saturated heterocycles. The van der Waals surface area contributed by atoms with Crippen LogP contribution in [-0.4, -0.2) is 9.97 Å². The third kappa shape index (κ3) is 2.26. The van der Waals surface area contributed by atoms with Crippen molar-refractivity contribution in [3.8, 4) is 5.75 Å². The summed E-state index contributed by atoms with van der Waals surface area (Å²) in [5.74, 6) is 0.848. The molecule has 2 aromatic heterocycles. The van der Waals surface area contributed by atoms with Crippen LogP contribution in [0.4, 0.5) is 0 Å². The lowest BCUT2D eigenvalue weighted by Gasteiger charge is -2.04. The number of nitrogens with zero attached hydrogens (tertiary/aromatic N) is 2. The van der Waals surface area contributed by atoms with Crippen molar-refractivity contribution in [2.75, 3.05) is 0 Å². The summed E-state index contributed by atoms with van der Waals surface area (Å²) in [6.45, 7) is 0.517. The molecule has 84 valence electrons. The summed E-state index contributed by atoms with van der Waals surface area (Å²) < 4.78 is 5.68. The number of aromatic nitrogens is 2. The van der Waals surface area contributed by atoms with Crippen molar-refractivity contribution in [1.82, 2.24) is 9.97 Å². The smallest absolute Gasteiger partial charge is 0.140 e. The molecule has 0 atom stereocenters. The number of pyridine rings is 1. The Hall–Kier alpha value is -1.94. The summed E-state index contributed by atoms with van der Waals surface area (Å²) >= 11 is 1.60. The molecule has 0 aliphatic heterocycles. The highest BCUT2D eigenvalue weighted by atomic mass is 32.1. The molecule has 4 heteroatoms. The molecule has 0 saturated carbocycles. The van der Waals surface area contributed by atoms with Gasteiger partial charge in [-0.25, -0.2) is 4.98 Å². The van der Waals surface area contributed by atoms with Gasteiger partial charge in [0.1, 0.15) is 17.4 Å². The number of benzene rings is 1. The van der Waals surface area contributed by atoms with Crippen molar-refractivity contribution >= 4 is 22.2 Å². The molecule has 3 rings (SSSR count). The van der Waals surface area contributed by atoms with Crippen LogP contribution < -0.4 is 4.74 Å². The first-order valence-corrected chi connectivity index (χ1v) is 6.16. The van der Waals surface area contributed by atoms with Crippen LogP contribution in [0.15, 0.2) is 48.1 Å². The minimum absolute atomic E-state index is 0.517. The monoisotopic (exact) mass is 242 g/mol. The van der Waals surface area contributed by atoms with E-state index < -0.39 is 0 Å². The second-order valence-corrected chi connectivity index (χ2v) is 4.55. The van der Waals surface area contributed by atoms with Gasteiger partial charge in [0, 0.05) is 23.2 Å². The summed E-state index contributed by atoms with van der Waals surface area (Å²) in [6.07, 6.45) is 3.58. The van der Waals surface area contributed by atoms with Crippen molar-refractivity contribution in [3.63, 3.8) is 0 Å². The zero-order chi connectivity index (χ0) is 11.5. The van der Waals surface area contributed by atoms with Crippen molar-refractivity contribution in [3.05, 3.63) is 53.1 Å². The van der Waals surface area contributed by atoms with Gasteiger partial charge in [0.25, 0.3) is 0 Å². The Balaban J connectivity index is 1.81. The minimum Gasteiger partial charge on any atom is -0.486 e. The molecule has 0 unspecified atom stereocenters. The molecule has 0 bridgehead atoms. The summed E-state index contributed by atoms with van der Waals surface area (Å²) in [5.41, 5.74) is 0.981. The van der Waals surface area contributed by atoms with Crippen LogP contribution in [0, 0.1) is 0 Å². The quantitative estimate of drug-likeness (QED) is 0.707. The Morgan fingerprint density at radius 3 is 3.00 bits per heavy atom. The Morgan fingerprint density at radius 2 is 2.12 bits per heavy atom. The maximum absolute atomic E-state index is 5.68. The van der Waals surface area contributed by atoms with Gasteiger partial charge in [0.15, 0.2) is 0 Å². The number of fused-ring (bicyclic) bond motifs is 1. The van der Waals surface area contributed by atoms with Gasteiger partial charge in [-0.3, -0.25) is 4.98 Å². The third-order valence-corrected chi connectivity index (χ3v) is 3.17. The normalized spacial score (nSPS) is 10.6. The van der Waals surface area contributed by atoms with Crippen molar-refractivity contribution in [2.24, 2.45) is 0 Å². The average molecular weight is 242 g/mol. The van der Waals surface area contributed by atoms with E-state index in [1.807, 2.05) is 35.7 Å². The van der Waals surface area contributed by atoms with Gasteiger partial charge >= 0.3 is 0 Å². The number of hydrogen-bond donors (Lipinski definition) is 0. The average Bonchev–Trinajstić information content (AvgIpc) is 2.89. The second-order valence-electron chi connectivity index (χ2n) is 3.57. The fraction of sp³-hybridized carbons (Fsp3) is 0.0769. The summed E-state index contributed by atoms with van der Waals surface area (Å²) in [4.78, 5) is 8.44. The number of thiazole rings is 1. The molecule has 17 heavy (non-hydrogen) atoms. The standard InChI is InChI=1S/C13H10N2OS/c1-2-10-8-11(3-4-12(10)14-5-1)16-9-13-15-6-7-17-13/h1-8H,9H2. The Bertz CT molecular complexity index is 622. The van der Waals surface area contributed by atoms with E-state index in [-0.39, 0.29) is 0 Å². The summed E-state index contributed by atoms with van der Waals surface area (Å²) in [5, 5.41) is 4.02. The Kier molecular flexibility index (Phi) is 2.71. The third-order valence-electron chi connectivity index (χ3n) is 2.42. The van der Waals surface area contributed by atoms with Gasteiger partial charge in [-0.2, -0.15) is 0 Å². The number of hydrogen-bond acceptors (Lipinski definition) is 4. The van der Waals surface area contributed by atoms with E-state index >= 15 is 0 Å². The highest BCUT2D eigenvalue weighted by Crippen LogP contribution is 2.20. The molecule has 3 aromatic rings. The van der Waals surface area contributed by atoms with Crippen LogP contribution in [-0.2, 0) is 6.61 Å². The molecular formula is C13H10N2OS. The molecular weight excluding hydrogens is 232 g/mol. The summed E-state index contributed by atoms with van der Waals surface area (Å²) in [7, 11) is 0. The molecule has 0 aliphatic rings. The highest BCUT2D eigenvalue weighted by Gasteiger charge is 2.00. The van der Waals surface area contributed by atoms with Gasteiger partial charge in [0.2, 0.25) is 0 Å². The van der Waals surface area contributed by atoms with E-state index in [4.69, 9.17) is 4.74 Å². The fourth-order valence-corrected chi connectivity index (χ4v) is 2.14. The van der Waals surface area contributed by atoms with Gasteiger partial charge in [-0.15, -0.1) is 11.3 Å². The molecule has 3 nitrogen and oxygen atoms in total. The van der Waals surface area contributed by atoms with Crippen LogP contribution in [0.3, 0.4) is 0 Å². The predicted octanol–water partition coefficient (Wildman–Crippen LogP) is 3.27. The molecule has 0 spiro atoms. The molecule has 1 aromatic carbocycles. The first-order valence-electron chi connectivity index (χ1n) is 5.28. The van der Waals surface area contributed by atoms with Crippen LogP contribution >= 0.6 is 11.3 Å². The maximum Gasteiger partial charge on any atom is 0.140 e. The zero-order valence-electron chi connectivity index (χ0n) is 9.04. The molecule has 0 amide bonds. The number of ether oxygens (including phenoxy) is 1. The molecule has 0 fully saturated rings. The van der Waals surface area contributed by atoms with E-state index in [0.29, 0.717) is 6.61 Å². The lowest BCUT2D eigenvalue weighted by Crippen LogP contribution is -1.94. The SMILES string of the molecule is c1cnc2ccc(OCc3nccs3)cc2c1. The molecule has 2 heterocycles. The van der Waals surface area contributed by atoms with E-state index in [0.717, 1.165) is 21.7 Å². The molecule has 0 radical (unpaired) electrons. The van der Waals surface area contributed by atoms with Gasteiger partial charge < -0.3 is 4.74 Å². The van der Waals surface area contributed by atoms with Crippen molar-refractivity contribution in [2.45, 2.75) is 6.61 Å². The largest absolute Gasteiger partial charge is 0.486 e. The van der Waals surface area contributed by atoms with Crippen LogP contribution in [0.1, 0.15) is 5.01 Å². The number of rotatable bonds is 3. The Labute approximate surface area is 103 Å². The van der Waals surface area contributed by atoms with E-state index in [1.165, 1.54) is 0 Å². The summed E-state index contributed by atoms with van der Waals surface area (Å²) in [6, 6.07) is 9.84. The van der Waals surface area contributed by atoms with Crippen molar-refractivity contribution in [1.29, 1.82) is 0 Å². The van der Waals surface area contributed by atoms with Crippen LogP contribution in [0.2, 0.25) is 0 Å². The fourth-order valence-electron chi connectivity index (χ4n) is 1.61. The van der Waals surface area contributed by atoms with E-state index in [9.17, 15) is 0 Å². The first kappa shape index (κ1) is 10.2. The van der Waals surface area contributed by atoms with Crippen molar-refractivity contribution < 1.29 is 4.74 Å². The van der Waals surface area contributed by atoms with Gasteiger partial charge in [0.05, 0.1) is 5.52 Å². The lowest BCUT2D eigenvalue weighted by atomic mass is 10.2. The molecule has 0 N–H and O–H groups in total. The second kappa shape index (κ2) is 4.51. The lowest BCUT2D eigenvalue weighted by molar-refractivity contribution is 0.306. The maximum atomic E-state index is 5.68. The minimum atomic E-state index is 0.517. The van der Waals surface area contributed by atoms with E-state index in [1.54, 1.807) is 23.7 Å². The van der Waals surface area contributed by atoms with Crippen LogP contribution in [0.5, 0.6) is 5.75 Å². The Morgan fingerprint density at radius 1 is 1.12 bits per heavy atom.